The van der Waals surface area contributed by atoms with Gasteiger partial charge in [-0.05, 0) is 28.1 Å². The molecule has 1 aromatic carbocycles. The fourth-order valence-electron chi connectivity index (χ4n) is 0.981. The van der Waals surface area contributed by atoms with E-state index in [9.17, 15) is 0 Å². The molecule has 0 aliphatic carbocycles. The summed E-state index contributed by atoms with van der Waals surface area (Å²) in [6.45, 7) is 0. The maximum Gasteiger partial charge on any atom is 0.145 e. The van der Waals surface area contributed by atoms with Gasteiger partial charge < -0.3 is 10.1 Å². The zero-order valence-corrected chi connectivity index (χ0v) is 10.1. The Labute approximate surface area is 102 Å². The molecule has 0 saturated heterocycles. The van der Waals surface area contributed by atoms with E-state index in [0.717, 1.165) is 10.2 Å². The van der Waals surface area contributed by atoms with Gasteiger partial charge in [0.2, 0.25) is 0 Å². The Morgan fingerprint density at radius 3 is 2.69 bits per heavy atom. The zero-order chi connectivity index (χ0) is 12.0. The van der Waals surface area contributed by atoms with Crippen LogP contribution in [0.15, 0.2) is 34.4 Å². The molecular weight excluding hydrogens is 270 g/mol. The van der Waals surface area contributed by atoms with Crippen LogP contribution in [0.4, 0.5) is 5.69 Å². The lowest BCUT2D eigenvalue weighted by Gasteiger charge is -2.06. The topological polar surface area (TPSA) is 68.8 Å². The predicted molar refractivity (Wildman–Crippen MR) is 63.6 cm³/mol. The van der Waals surface area contributed by atoms with E-state index in [1.54, 1.807) is 31.4 Å². The molecule has 0 saturated carbocycles. The summed E-state index contributed by atoms with van der Waals surface area (Å²) in [5, 5.41) is 20.0. The maximum absolute atomic E-state index is 8.56. The van der Waals surface area contributed by atoms with E-state index in [2.05, 4.69) is 21.2 Å². The molecule has 0 amide bonds. The van der Waals surface area contributed by atoms with Crippen LogP contribution in [0, 0.1) is 22.7 Å². The molecule has 0 aromatic heterocycles. The first-order valence-electron chi connectivity index (χ1n) is 4.31. The number of benzene rings is 1. The lowest BCUT2D eigenvalue weighted by atomic mass is 10.3. The fourth-order valence-corrected chi connectivity index (χ4v) is 1.34. The summed E-state index contributed by atoms with van der Waals surface area (Å²) in [6.07, 6.45) is 1.35. The molecule has 1 aromatic rings. The number of nitriles is 2. The summed E-state index contributed by atoms with van der Waals surface area (Å²) in [5.74, 6) is 0.689. The van der Waals surface area contributed by atoms with E-state index in [1.165, 1.54) is 6.20 Å². The first kappa shape index (κ1) is 12.1. The SMILES string of the molecule is COc1ccc(Br)c(NC=C(C#N)C#N)c1. The van der Waals surface area contributed by atoms with Crippen molar-refractivity contribution in [3.05, 3.63) is 34.4 Å². The molecule has 0 atom stereocenters. The van der Waals surface area contributed by atoms with Crippen molar-refractivity contribution >= 4 is 21.6 Å². The molecule has 16 heavy (non-hydrogen) atoms. The molecule has 0 unspecified atom stereocenters. The Morgan fingerprint density at radius 1 is 1.44 bits per heavy atom. The van der Waals surface area contributed by atoms with Crippen LogP contribution in [0.25, 0.3) is 0 Å². The van der Waals surface area contributed by atoms with Gasteiger partial charge in [-0.1, -0.05) is 0 Å². The van der Waals surface area contributed by atoms with Crippen molar-refractivity contribution in [2.75, 3.05) is 12.4 Å². The van der Waals surface area contributed by atoms with Crippen LogP contribution in [0.3, 0.4) is 0 Å². The van der Waals surface area contributed by atoms with Gasteiger partial charge in [-0.3, -0.25) is 0 Å². The van der Waals surface area contributed by atoms with Crippen LogP contribution < -0.4 is 10.1 Å². The molecule has 0 heterocycles. The summed E-state index contributed by atoms with van der Waals surface area (Å²) in [4.78, 5) is 0. The minimum Gasteiger partial charge on any atom is -0.497 e. The van der Waals surface area contributed by atoms with Crippen molar-refractivity contribution < 1.29 is 4.74 Å². The first-order chi connectivity index (χ1) is 7.71. The summed E-state index contributed by atoms with van der Waals surface area (Å²) < 4.78 is 5.88. The third-order valence-corrected chi connectivity index (χ3v) is 2.48. The Balaban J connectivity index is 2.94. The number of rotatable bonds is 3. The van der Waals surface area contributed by atoms with Gasteiger partial charge in [0.25, 0.3) is 0 Å². The van der Waals surface area contributed by atoms with Crippen LogP contribution >= 0.6 is 15.9 Å². The molecule has 0 aliphatic rings. The number of allylic oxidation sites excluding steroid dienone is 1. The standard InChI is InChI=1S/C11H8BrN3O/c1-16-9-2-3-10(12)11(4-9)15-7-8(5-13)6-14/h2-4,7,15H,1H3. The third kappa shape index (κ3) is 3.01. The number of methoxy groups -OCH3 is 1. The highest BCUT2D eigenvalue weighted by Gasteiger charge is 2.00. The molecular formula is C11H8BrN3O. The number of halogens is 1. The van der Waals surface area contributed by atoms with Crippen molar-refractivity contribution in [1.29, 1.82) is 10.5 Å². The molecule has 1 N–H and O–H groups in total. The Hall–Kier alpha value is -1.98. The number of anilines is 1. The quantitative estimate of drug-likeness (QED) is 0.863. The van der Waals surface area contributed by atoms with Gasteiger partial charge in [0.15, 0.2) is 0 Å². The molecule has 0 fully saturated rings. The molecule has 1 rings (SSSR count). The van der Waals surface area contributed by atoms with E-state index >= 15 is 0 Å². The minimum absolute atomic E-state index is 0.00900. The molecule has 0 spiro atoms. The van der Waals surface area contributed by atoms with Crippen LogP contribution in [0.5, 0.6) is 5.75 Å². The lowest BCUT2D eigenvalue weighted by Crippen LogP contribution is -1.92. The monoisotopic (exact) mass is 277 g/mol. The van der Waals surface area contributed by atoms with Crippen molar-refractivity contribution in [2.45, 2.75) is 0 Å². The number of nitrogens with one attached hydrogen (secondary N) is 1. The molecule has 0 radical (unpaired) electrons. The summed E-state index contributed by atoms with van der Waals surface area (Å²) in [7, 11) is 1.57. The normalized spacial score (nSPS) is 8.50. The minimum atomic E-state index is 0.00900. The molecule has 0 aliphatic heterocycles. The highest BCUT2D eigenvalue weighted by Crippen LogP contribution is 2.27. The fraction of sp³-hybridized carbons (Fsp3) is 0.0909. The van der Waals surface area contributed by atoms with Crippen LogP contribution in [-0.4, -0.2) is 7.11 Å². The molecule has 80 valence electrons. The second-order valence-electron chi connectivity index (χ2n) is 2.77. The van der Waals surface area contributed by atoms with Crippen molar-refractivity contribution in [1.82, 2.24) is 0 Å². The maximum atomic E-state index is 8.56. The lowest BCUT2D eigenvalue weighted by molar-refractivity contribution is 0.415. The third-order valence-electron chi connectivity index (χ3n) is 1.79. The van der Waals surface area contributed by atoms with Crippen LogP contribution in [0.1, 0.15) is 0 Å². The smallest absolute Gasteiger partial charge is 0.145 e. The second-order valence-corrected chi connectivity index (χ2v) is 3.63. The van der Waals surface area contributed by atoms with Crippen molar-refractivity contribution in [3.8, 4) is 17.9 Å². The van der Waals surface area contributed by atoms with Gasteiger partial charge >= 0.3 is 0 Å². The van der Waals surface area contributed by atoms with E-state index in [0.29, 0.717) is 5.75 Å². The highest BCUT2D eigenvalue weighted by molar-refractivity contribution is 9.10. The van der Waals surface area contributed by atoms with Gasteiger partial charge in [0.05, 0.1) is 12.8 Å². The highest BCUT2D eigenvalue weighted by atomic mass is 79.9. The number of nitrogens with zero attached hydrogens (tertiary/aromatic N) is 2. The summed E-state index contributed by atoms with van der Waals surface area (Å²) >= 11 is 3.34. The molecule has 0 bridgehead atoms. The first-order valence-corrected chi connectivity index (χ1v) is 5.11. The van der Waals surface area contributed by atoms with Gasteiger partial charge in [0.1, 0.15) is 23.5 Å². The van der Waals surface area contributed by atoms with Crippen molar-refractivity contribution in [3.63, 3.8) is 0 Å². The Morgan fingerprint density at radius 2 is 2.12 bits per heavy atom. The largest absolute Gasteiger partial charge is 0.497 e. The van der Waals surface area contributed by atoms with E-state index in [1.807, 2.05) is 6.07 Å². The van der Waals surface area contributed by atoms with E-state index in [4.69, 9.17) is 15.3 Å². The number of hydrogen-bond donors (Lipinski definition) is 1. The van der Waals surface area contributed by atoms with Gasteiger partial charge in [-0.15, -0.1) is 0 Å². The number of hydrogen-bond acceptors (Lipinski definition) is 4. The Bertz CT molecular complexity index is 481. The predicted octanol–water partition coefficient (Wildman–Crippen LogP) is 2.80. The molecule has 5 heteroatoms. The van der Waals surface area contributed by atoms with E-state index < -0.39 is 0 Å². The molecule has 4 nitrogen and oxygen atoms in total. The van der Waals surface area contributed by atoms with Crippen LogP contribution in [0.2, 0.25) is 0 Å². The summed E-state index contributed by atoms with van der Waals surface area (Å²) in [6, 6.07) is 8.89. The number of ether oxygens (including phenoxy) is 1. The second kappa shape index (κ2) is 5.79. The van der Waals surface area contributed by atoms with Crippen LogP contribution in [-0.2, 0) is 0 Å². The average molecular weight is 278 g/mol. The Kier molecular flexibility index (Phi) is 4.38. The van der Waals surface area contributed by atoms with Gasteiger partial charge in [-0.25, -0.2) is 0 Å². The van der Waals surface area contributed by atoms with Gasteiger partial charge in [0, 0.05) is 16.7 Å². The average Bonchev–Trinajstić information content (AvgIpc) is 2.32. The zero-order valence-electron chi connectivity index (χ0n) is 8.49. The van der Waals surface area contributed by atoms with E-state index in [-0.39, 0.29) is 5.57 Å². The van der Waals surface area contributed by atoms with Gasteiger partial charge in [-0.2, -0.15) is 10.5 Å². The summed E-state index contributed by atoms with van der Waals surface area (Å²) in [5.41, 5.74) is 0.733. The van der Waals surface area contributed by atoms with Crippen molar-refractivity contribution in [2.24, 2.45) is 0 Å².